The number of likely N-dealkylation sites (tertiary alicyclic amines) is 1. The third-order valence-corrected chi connectivity index (χ3v) is 5.69. The molecule has 2 aromatic rings. The molecule has 0 aromatic carbocycles. The molecule has 1 saturated heterocycles. The second-order valence-corrected chi connectivity index (χ2v) is 7.69. The molecular weight excluding hydrogens is 330 g/mol. The molecular formula is C19H27N5O2. The van der Waals surface area contributed by atoms with Crippen LogP contribution in [0.4, 0.5) is 0 Å². The highest BCUT2D eigenvalue weighted by Crippen LogP contribution is 2.34. The Hall–Kier alpha value is -2.18. The van der Waals surface area contributed by atoms with Gasteiger partial charge in [0.15, 0.2) is 5.82 Å². The van der Waals surface area contributed by atoms with Crippen LogP contribution in [-0.4, -0.2) is 37.3 Å². The third kappa shape index (κ3) is 3.52. The fourth-order valence-corrected chi connectivity index (χ4v) is 3.97. The van der Waals surface area contributed by atoms with E-state index in [0.717, 1.165) is 61.1 Å². The minimum absolute atomic E-state index is 0.0576. The van der Waals surface area contributed by atoms with E-state index in [-0.39, 0.29) is 11.9 Å². The Bertz CT molecular complexity index is 757. The second-order valence-electron chi connectivity index (χ2n) is 7.69. The van der Waals surface area contributed by atoms with Gasteiger partial charge in [0.25, 0.3) is 0 Å². The summed E-state index contributed by atoms with van der Waals surface area (Å²) in [6.45, 7) is 5.63. The molecule has 140 valence electrons. The van der Waals surface area contributed by atoms with Crippen molar-refractivity contribution in [1.82, 2.24) is 24.8 Å². The average molecular weight is 357 g/mol. The quantitative estimate of drug-likeness (QED) is 0.794. The minimum Gasteiger partial charge on any atom is -0.361 e. The highest BCUT2D eigenvalue weighted by Gasteiger charge is 2.32. The summed E-state index contributed by atoms with van der Waals surface area (Å²) in [5.41, 5.74) is 1.94. The van der Waals surface area contributed by atoms with E-state index in [1.165, 1.54) is 12.8 Å². The van der Waals surface area contributed by atoms with Crippen LogP contribution in [-0.2, 0) is 17.8 Å². The maximum atomic E-state index is 13.0. The molecule has 7 heteroatoms. The summed E-state index contributed by atoms with van der Waals surface area (Å²) in [6, 6.07) is 0.0576. The number of carbonyl (C=O) groups excluding carboxylic acids is 1. The van der Waals surface area contributed by atoms with Crippen molar-refractivity contribution in [3.8, 4) is 0 Å². The summed E-state index contributed by atoms with van der Waals surface area (Å²) >= 11 is 0. The molecule has 4 rings (SSSR count). The van der Waals surface area contributed by atoms with Crippen LogP contribution in [0.15, 0.2) is 10.9 Å². The third-order valence-electron chi connectivity index (χ3n) is 5.69. The lowest BCUT2D eigenvalue weighted by atomic mass is 9.99. The van der Waals surface area contributed by atoms with Crippen LogP contribution in [0.1, 0.15) is 67.4 Å². The Morgan fingerprint density at radius 3 is 2.85 bits per heavy atom. The molecule has 3 heterocycles. The molecule has 2 aliphatic rings. The van der Waals surface area contributed by atoms with Gasteiger partial charge in [0.05, 0.1) is 11.7 Å². The van der Waals surface area contributed by atoms with Crippen LogP contribution < -0.4 is 0 Å². The van der Waals surface area contributed by atoms with Crippen molar-refractivity contribution in [2.24, 2.45) is 5.92 Å². The van der Waals surface area contributed by atoms with Gasteiger partial charge in [-0.1, -0.05) is 5.16 Å². The highest BCUT2D eigenvalue weighted by molar-refractivity contribution is 5.77. The maximum Gasteiger partial charge on any atom is 0.223 e. The van der Waals surface area contributed by atoms with E-state index in [4.69, 9.17) is 4.52 Å². The monoisotopic (exact) mass is 357 g/mol. The molecule has 2 fully saturated rings. The molecule has 26 heavy (non-hydrogen) atoms. The van der Waals surface area contributed by atoms with Crippen molar-refractivity contribution in [1.29, 1.82) is 0 Å². The van der Waals surface area contributed by atoms with Gasteiger partial charge in [-0.05, 0) is 58.3 Å². The summed E-state index contributed by atoms with van der Waals surface area (Å²) in [6.07, 6.45) is 8.74. The number of aromatic nitrogens is 4. The van der Waals surface area contributed by atoms with Crippen LogP contribution in [0.5, 0.6) is 0 Å². The van der Waals surface area contributed by atoms with Crippen molar-refractivity contribution in [2.45, 2.75) is 71.4 Å². The molecule has 1 saturated carbocycles. The number of hydrogen-bond acceptors (Lipinski definition) is 5. The van der Waals surface area contributed by atoms with Crippen molar-refractivity contribution in [3.63, 3.8) is 0 Å². The van der Waals surface area contributed by atoms with Gasteiger partial charge in [0.2, 0.25) is 5.91 Å². The molecule has 0 radical (unpaired) electrons. The summed E-state index contributed by atoms with van der Waals surface area (Å²) in [5.74, 6) is 2.73. The Kier molecular flexibility index (Phi) is 4.78. The van der Waals surface area contributed by atoms with E-state index in [1.54, 1.807) is 0 Å². The zero-order chi connectivity index (χ0) is 18.1. The first kappa shape index (κ1) is 17.2. The lowest BCUT2D eigenvalue weighted by Gasteiger charge is -2.35. The molecule has 1 aliphatic heterocycles. The van der Waals surface area contributed by atoms with E-state index in [0.29, 0.717) is 12.8 Å². The molecule has 0 N–H and O–H groups in total. The standard InChI is InChI=1S/C19H27N5O2/c1-13-16(14(2)26-22-13)8-9-18(25)24-10-4-3-5-17(24)19-21-20-12-23(19)11-15-6-7-15/h12,15,17H,3-11H2,1-2H3. The molecule has 1 atom stereocenters. The lowest BCUT2D eigenvalue weighted by molar-refractivity contribution is -0.135. The van der Waals surface area contributed by atoms with E-state index < -0.39 is 0 Å². The predicted molar refractivity (Wildman–Crippen MR) is 95.3 cm³/mol. The second kappa shape index (κ2) is 7.21. The molecule has 1 amide bonds. The van der Waals surface area contributed by atoms with Gasteiger partial charge in [-0.2, -0.15) is 0 Å². The average Bonchev–Trinajstić information content (AvgIpc) is 3.25. The van der Waals surface area contributed by atoms with Crippen LogP contribution in [0.25, 0.3) is 0 Å². The topological polar surface area (TPSA) is 77.1 Å². The van der Waals surface area contributed by atoms with E-state index >= 15 is 0 Å². The van der Waals surface area contributed by atoms with Crippen molar-refractivity contribution in [2.75, 3.05) is 6.54 Å². The van der Waals surface area contributed by atoms with E-state index in [9.17, 15) is 4.79 Å². The summed E-state index contributed by atoms with van der Waals surface area (Å²) in [5, 5.41) is 12.5. The Labute approximate surface area is 153 Å². The Morgan fingerprint density at radius 1 is 1.27 bits per heavy atom. The zero-order valence-electron chi connectivity index (χ0n) is 15.6. The number of piperidine rings is 1. The minimum atomic E-state index is 0.0576. The number of amides is 1. The predicted octanol–water partition coefficient (Wildman–Crippen LogP) is 2.98. The van der Waals surface area contributed by atoms with Crippen LogP contribution in [0, 0.1) is 19.8 Å². The summed E-state index contributed by atoms with van der Waals surface area (Å²) in [7, 11) is 0. The van der Waals surface area contributed by atoms with Gasteiger partial charge in [-0.25, -0.2) is 0 Å². The number of aryl methyl sites for hydroxylation is 2. The number of carbonyl (C=O) groups is 1. The van der Waals surface area contributed by atoms with Crippen molar-refractivity contribution < 1.29 is 9.32 Å². The Balaban J connectivity index is 1.46. The number of hydrogen-bond donors (Lipinski definition) is 0. The normalized spacial score (nSPS) is 20.5. The van der Waals surface area contributed by atoms with Crippen molar-refractivity contribution in [3.05, 3.63) is 29.2 Å². The fraction of sp³-hybridized carbons (Fsp3) is 0.684. The largest absolute Gasteiger partial charge is 0.361 e. The van der Waals surface area contributed by atoms with E-state index in [1.807, 2.05) is 25.1 Å². The first-order valence-electron chi connectivity index (χ1n) is 9.72. The Morgan fingerprint density at radius 2 is 2.12 bits per heavy atom. The summed E-state index contributed by atoms with van der Waals surface area (Å²) in [4.78, 5) is 15.0. The van der Waals surface area contributed by atoms with Gasteiger partial charge in [0.1, 0.15) is 12.1 Å². The molecule has 7 nitrogen and oxygen atoms in total. The SMILES string of the molecule is Cc1noc(C)c1CCC(=O)N1CCCCC1c1nncn1CC1CC1. The number of nitrogens with zero attached hydrogens (tertiary/aromatic N) is 5. The highest BCUT2D eigenvalue weighted by atomic mass is 16.5. The fourth-order valence-electron chi connectivity index (χ4n) is 3.97. The van der Waals surface area contributed by atoms with Gasteiger partial charge >= 0.3 is 0 Å². The zero-order valence-corrected chi connectivity index (χ0v) is 15.6. The molecule has 1 unspecified atom stereocenters. The van der Waals surface area contributed by atoms with Gasteiger partial charge in [-0.3, -0.25) is 4.79 Å². The van der Waals surface area contributed by atoms with Gasteiger partial charge < -0.3 is 14.0 Å². The van der Waals surface area contributed by atoms with Gasteiger partial charge in [0, 0.05) is 25.1 Å². The van der Waals surface area contributed by atoms with Gasteiger partial charge in [-0.15, -0.1) is 10.2 Å². The lowest BCUT2D eigenvalue weighted by Crippen LogP contribution is -2.40. The van der Waals surface area contributed by atoms with Crippen molar-refractivity contribution >= 4 is 5.91 Å². The number of rotatable bonds is 6. The molecule has 0 spiro atoms. The van der Waals surface area contributed by atoms with E-state index in [2.05, 4.69) is 19.9 Å². The van der Waals surface area contributed by atoms with Crippen LogP contribution >= 0.6 is 0 Å². The first-order chi connectivity index (χ1) is 12.6. The first-order valence-corrected chi connectivity index (χ1v) is 9.72. The maximum absolute atomic E-state index is 13.0. The van der Waals surface area contributed by atoms with Crippen LogP contribution in [0.2, 0.25) is 0 Å². The summed E-state index contributed by atoms with van der Waals surface area (Å²) < 4.78 is 7.38. The smallest absolute Gasteiger partial charge is 0.223 e. The van der Waals surface area contributed by atoms with Crippen LogP contribution in [0.3, 0.4) is 0 Å². The molecule has 2 aromatic heterocycles. The molecule has 1 aliphatic carbocycles. The molecule has 0 bridgehead atoms.